The molecule has 1 aliphatic rings. The van der Waals surface area contributed by atoms with Crippen LogP contribution in [0.5, 0.6) is 5.75 Å². The number of nitriles is 1. The number of anilines is 1. The van der Waals surface area contributed by atoms with Crippen LogP contribution < -0.4 is 9.64 Å². The third kappa shape index (κ3) is 2.91. The van der Waals surface area contributed by atoms with Crippen molar-refractivity contribution in [3.63, 3.8) is 0 Å². The summed E-state index contributed by atoms with van der Waals surface area (Å²) in [6, 6.07) is 19.6. The maximum Gasteiger partial charge on any atom is 0.310 e. The third-order valence-corrected chi connectivity index (χ3v) is 4.76. The van der Waals surface area contributed by atoms with Gasteiger partial charge in [0.25, 0.3) is 0 Å². The average Bonchev–Trinajstić information content (AvgIpc) is 3.09. The van der Waals surface area contributed by atoms with Crippen LogP contribution in [0.3, 0.4) is 0 Å². The van der Waals surface area contributed by atoms with Gasteiger partial charge in [0.05, 0.1) is 26.2 Å². The Kier molecular flexibility index (Phi) is 4.62. The summed E-state index contributed by atoms with van der Waals surface area (Å²) in [7, 11) is 3.00. The number of esters is 1. The van der Waals surface area contributed by atoms with Crippen molar-refractivity contribution in [1.82, 2.24) is 0 Å². The minimum absolute atomic E-state index is 0.286. The highest BCUT2D eigenvalue weighted by atomic mass is 16.5. The van der Waals surface area contributed by atoms with Crippen LogP contribution in [0.2, 0.25) is 0 Å². The fourth-order valence-electron chi connectivity index (χ4n) is 3.48. The average molecular weight is 336 g/mol. The summed E-state index contributed by atoms with van der Waals surface area (Å²) in [6.45, 7) is 0.432. The van der Waals surface area contributed by atoms with Gasteiger partial charge in [0.15, 0.2) is 5.54 Å². The molecule has 1 fully saturated rings. The number of hydrogen-bond acceptors (Lipinski definition) is 5. The number of nitrogens with zero attached hydrogens (tertiary/aromatic N) is 2. The Labute approximate surface area is 147 Å². The molecule has 2 atom stereocenters. The molecule has 1 heterocycles. The van der Waals surface area contributed by atoms with Crippen LogP contribution in [0.1, 0.15) is 12.0 Å². The molecule has 5 nitrogen and oxygen atoms in total. The molecule has 0 radical (unpaired) electrons. The quantitative estimate of drug-likeness (QED) is 0.803. The zero-order valence-electron chi connectivity index (χ0n) is 14.3. The van der Waals surface area contributed by atoms with E-state index in [1.807, 2.05) is 59.5 Å². The van der Waals surface area contributed by atoms with Crippen molar-refractivity contribution in [2.45, 2.75) is 12.0 Å². The summed E-state index contributed by atoms with van der Waals surface area (Å²) >= 11 is 0. The van der Waals surface area contributed by atoms with Gasteiger partial charge in [-0.15, -0.1) is 0 Å². The van der Waals surface area contributed by atoms with Gasteiger partial charge >= 0.3 is 5.97 Å². The largest absolute Gasteiger partial charge is 0.497 e. The van der Waals surface area contributed by atoms with E-state index in [2.05, 4.69) is 6.07 Å². The van der Waals surface area contributed by atoms with Crippen molar-refractivity contribution in [3.05, 3.63) is 60.2 Å². The van der Waals surface area contributed by atoms with Crippen molar-refractivity contribution < 1.29 is 14.3 Å². The second-order valence-electron chi connectivity index (χ2n) is 6.07. The molecule has 1 saturated heterocycles. The van der Waals surface area contributed by atoms with E-state index in [-0.39, 0.29) is 11.9 Å². The van der Waals surface area contributed by atoms with Crippen molar-refractivity contribution in [2.75, 3.05) is 25.7 Å². The smallest absolute Gasteiger partial charge is 0.310 e. The van der Waals surface area contributed by atoms with Crippen LogP contribution in [0.15, 0.2) is 54.6 Å². The van der Waals surface area contributed by atoms with Gasteiger partial charge in [-0.25, -0.2) is 0 Å². The first-order valence-corrected chi connectivity index (χ1v) is 8.11. The lowest BCUT2D eigenvalue weighted by Crippen LogP contribution is -2.40. The summed E-state index contributed by atoms with van der Waals surface area (Å²) in [4.78, 5) is 14.1. The Balaban J connectivity index is 2.07. The Morgan fingerprint density at radius 1 is 1.16 bits per heavy atom. The summed E-state index contributed by atoms with van der Waals surface area (Å²) in [5.41, 5.74) is 0.839. The molecule has 0 saturated carbocycles. The highest BCUT2D eigenvalue weighted by Gasteiger charge is 2.50. The van der Waals surface area contributed by atoms with E-state index in [1.165, 1.54) is 7.11 Å². The summed E-state index contributed by atoms with van der Waals surface area (Å²) in [5, 5.41) is 10.1. The lowest BCUT2D eigenvalue weighted by atomic mass is 9.86. The molecule has 2 aromatic carbocycles. The second kappa shape index (κ2) is 6.86. The Morgan fingerprint density at radius 3 is 2.40 bits per heavy atom. The molecule has 0 unspecified atom stereocenters. The normalized spacial score (nSPS) is 22.3. The SMILES string of the molecule is COC(=O)[C@H]1CN(c2ccc(OC)cc2)[C@@](C#N)(c2ccccc2)C1. The molecule has 0 spiro atoms. The number of methoxy groups -OCH3 is 2. The molecule has 2 aromatic rings. The van der Waals surface area contributed by atoms with Gasteiger partial charge in [-0.1, -0.05) is 30.3 Å². The molecule has 5 heteroatoms. The Bertz CT molecular complexity index is 783. The molecular formula is C20H20N2O3. The number of hydrogen-bond donors (Lipinski definition) is 0. The minimum atomic E-state index is -0.908. The lowest BCUT2D eigenvalue weighted by molar-refractivity contribution is -0.144. The zero-order valence-corrected chi connectivity index (χ0v) is 14.3. The molecule has 128 valence electrons. The van der Waals surface area contributed by atoms with E-state index in [1.54, 1.807) is 7.11 Å². The molecule has 25 heavy (non-hydrogen) atoms. The number of ether oxygens (including phenoxy) is 2. The second-order valence-corrected chi connectivity index (χ2v) is 6.07. The maximum atomic E-state index is 12.1. The molecule has 0 N–H and O–H groups in total. The van der Waals surface area contributed by atoms with Crippen molar-refractivity contribution in [2.24, 2.45) is 5.92 Å². The molecule has 0 bridgehead atoms. The highest BCUT2D eigenvalue weighted by Crippen LogP contribution is 2.44. The monoisotopic (exact) mass is 336 g/mol. The van der Waals surface area contributed by atoms with E-state index >= 15 is 0 Å². The van der Waals surface area contributed by atoms with E-state index in [0.717, 1.165) is 17.0 Å². The first-order chi connectivity index (χ1) is 12.1. The number of rotatable bonds is 4. The van der Waals surface area contributed by atoms with E-state index in [0.29, 0.717) is 13.0 Å². The minimum Gasteiger partial charge on any atom is -0.497 e. The fourth-order valence-corrected chi connectivity index (χ4v) is 3.48. The van der Waals surface area contributed by atoms with Crippen molar-refractivity contribution in [3.8, 4) is 11.8 Å². The fraction of sp³-hybridized carbons (Fsp3) is 0.300. The van der Waals surface area contributed by atoms with Crippen LogP contribution in [0.4, 0.5) is 5.69 Å². The summed E-state index contributed by atoms with van der Waals surface area (Å²) in [5.74, 6) is 0.105. The molecule has 0 aromatic heterocycles. The van der Waals surface area contributed by atoms with Gasteiger partial charge in [-0.3, -0.25) is 4.79 Å². The van der Waals surface area contributed by atoms with Gasteiger partial charge in [-0.05, 0) is 29.8 Å². The first-order valence-electron chi connectivity index (χ1n) is 8.11. The number of carbonyl (C=O) groups is 1. The standard InChI is InChI=1S/C20H20N2O3/c1-24-18-10-8-17(9-11-18)22-13-15(19(23)25-2)12-20(22,14-21)16-6-4-3-5-7-16/h3-11,15H,12-13H2,1-2H3/t15-,20+/m1/s1. The molecule has 1 aliphatic heterocycles. The van der Waals surface area contributed by atoms with E-state index in [4.69, 9.17) is 9.47 Å². The highest BCUT2D eigenvalue weighted by molar-refractivity contribution is 5.76. The number of benzene rings is 2. The van der Waals surface area contributed by atoms with Gasteiger partial charge in [-0.2, -0.15) is 5.26 Å². The predicted molar refractivity (Wildman–Crippen MR) is 94.2 cm³/mol. The predicted octanol–water partition coefficient (Wildman–Crippen LogP) is 3.11. The van der Waals surface area contributed by atoms with Gasteiger partial charge < -0.3 is 14.4 Å². The summed E-state index contributed by atoms with van der Waals surface area (Å²) < 4.78 is 10.1. The van der Waals surface area contributed by atoms with Crippen molar-refractivity contribution >= 4 is 11.7 Å². The van der Waals surface area contributed by atoms with Crippen LogP contribution >= 0.6 is 0 Å². The molecular weight excluding hydrogens is 316 g/mol. The molecule has 0 amide bonds. The molecule has 3 rings (SSSR count). The Morgan fingerprint density at radius 2 is 1.84 bits per heavy atom. The van der Waals surface area contributed by atoms with E-state index < -0.39 is 5.54 Å². The van der Waals surface area contributed by atoms with Crippen LogP contribution in [-0.4, -0.2) is 26.7 Å². The van der Waals surface area contributed by atoms with Gasteiger partial charge in [0.1, 0.15) is 5.75 Å². The topological polar surface area (TPSA) is 62.6 Å². The first kappa shape index (κ1) is 16.8. The third-order valence-electron chi connectivity index (χ3n) is 4.76. The van der Waals surface area contributed by atoms with Crippen molar-refractivity contribution in [1.29, 1.82) is 5.26 Å². The summed E-state index contributed by atoms with van der Waals surface area (Å²) in [6.07, 6.45) is 0.395. The van der Waals surface area contributed by atoms with Crippen LogP contribution in [0, 0.1) is 17.2 Å². The van der Waals surface area contributed by atoms with Crippen LogP contribution in [0.25, 0.3) is 0 Å². The molecule has 0 aliphatic carbocycles. The van der Waals surface area contributed by atoms with E-state index in [9.17, 15) is 10.1 Å². The maximum absolute atomic E-state index is 12.1. The van der Waals surface area contributed by atoms with Crippen LogP contribution in [-0.2, 0) is 15.1 Å². The lowest BCUT2D eigenvalue weighted by Gasteiger charge is -2.34. The van der Waals surface area contributed by atoms with Gasteiger partial charge in [0.2, 0.25) is 0 Å². The Hall–Kier alpha value is -3.00. The zero-order chi connectivity index (χ0) is 17.9. The number of carbonyl (C=O) groups excluding carboxylic acids is 1. The van der Waals surface area contributed by atoms with Gasteiger partial charge in [0, 0.05) is 18.7 Å².